The second-order valence-corrected chi connectivity index (χ2v) is 5.43. The summed E-state index contributed by atoms with van der Waals surface area (Å²) in [7, 11) is -0.184. The van der Waals surface area contributed by atoms with Crippen LogP contribution in [0.15, 0.2) is 41.8 Å². The van der Waals surface area contributed by atoms with Gasteiger partial charge in [0.25, 0.3) is 0 Å². The highest BCUT2D eigenvalue weighted by Crippen LogP contribution is 2.13. The Morgan fingerprint density at radius 2 is 1.94 bits per heavy atom. The number of nitrogens with one attached hydrogen (secondary N) is 1. The summed E-state index contributed by atoms with van der Waals surface area (Å²) in [5.41, 5.74) is 0.954. The third-order valence-corrected chi connectivity index (χ3v) is 3.69. The van der Waals surface area contributed by atoms with Gasteiger partial charge in [-0.2, -0.15) is 0 Å². The molecule has 0 aliphatic carbocycles. The number of hydrogen-bond acceptors (Lipinski definition) is 3. The van der Waals surface area contributed by atoms with E-state index < -0.39 is 10.0 Å². The topological polar surface area (TPSA) is 49.4 Å². The quantitative estimate of drug-likeness (QED) is 0.841. The first-order chi connectivity index (χ1) is 7.47. The molecule has 0 aliphatic rings. The largest absolute Gasteiger partial charge is 0.370 e. The summed E-state index contributed by atoms with van der Waals surface area (Å²) in [5.74, 6) is 0. The number of hydrogen-bond donors (Lipinski definition) is 1. The van der Waals surface area contributed by atoms with Crippen LogP contribution in [-0.4, -0.2) is 29.1 Å². The number of likely N-dealkylation sites (N-methyl/N-ethyl adjacent to an activating group) is 1. The SMILES string of the molecule is C=C(CN(C)c1ccccc1)S(=O)(=O)NC. The first-order valence-electron chi connectivity index (χ1n) is 4.85. The van der Waals surface area contributed by atoms with E-state index in [-0.39, 0.29) is 11.4 Å². The molecule has 16 heavy (non-hydrogen) atoms. The van der Waals surface area contributed by atoms with Crippen LogP contribution in [0.3, 0.4) is 0 Å². The van der Waals surface area contributed by atoms with E-state index in [1.807, 2.05) is 42.3 Å². The third kappa shape index (κ3) is 3.08. The second kappa shape index (κ2) is 5.14. The Kier molecular flexibility index (Phi) is 4.09. The molecule has 0 bridgehead atoms. The van der Waals surface area contributed by atoms with Crippen molar-refractivity contribution in [3.8, 4) is 0 Å². The molecular weight excluding hydrogens is 224 g/mol. The van der Waals surface area contributed by atoms with Crippen LogP contribution in [0.25, 0.3) is 0 Å². The monoisotopic (exact) mass is 240 g/mol. The van der Waals surface area contributed by atoms with Crippen LogP contribution in [-0.2, 0) is 10.0 Å². The van der Waals surface area contributed by atoms with E-state index in [1.165, 1.54) is 7.05 Å². The van der Waals surface area contributed by atoms with Gasteiger partial charge in [-0.3, -0.25) is 0 Å². The zero-order valence-corrected chi connectivity index (χ0v) is 10.3. The van der Waals surface area contributed by atoms with Crippen molar-refractivity contribution in [1.29, 1.82) is 0 Å². The normalized spacial score (nSPS) is 11.1. The van der Waals surface area contributed by atoms with Crippen molar-refractivity contribution in [2.75, 3.05) is 25.5 Å². The number of para-hydroxylation sites is 1. The van der Waals surface area contributed by atoms with Crippen LogP contribution in [0.4, 0.5) is 5.69 Å². The molecule has 0 radical (unpaired) electrons. The van der Waals surface area contributed by atoms with Crippen molar-refractivity contribution in [2.24, 2.45) is 0 Å². The van der Waals surface area contributed by atoms with Gasteiger partial charge in [0.15, 0.2) is 0 Å². The lowest BCUT2D eigenvalue weighted by Gasteiger charge is -2.20. The van der Waals surface area contributed by atoms with Gasteiger partial charge in [-0.1, -0.05) is 24.8 Å². The molecule has 88 valence electrons. The molecule has 5 heteroatoms. The smallest absolute Gasteiger partial charge is 0.237 e. The van der Waals surface area contributed by atoms with Gasteiger partial charge in [-0.05, 0) is 19.2 Å². The predicted octanol–water partition coefficient (Wildman–Crippen LogP) is 1.19. The minimum absolute atomic E-state index is 0.154. The van der Waals surface area contributed by atoms with E-state index in [1.54, 1.807) is 0 Å². The molecule has 0 aliphatic heterocycles. The van der Waals surface area contributed by atoms with Crippen LogP contribution in [0.5, 0.6) is 0 Å². The molecule has 1 rings (SSSR count). The summed E-state index contributed by atoms with van der Waals surface area (Å²) in [5, 5.41) is 0. The van der Waals surface area contributed by atoms with E-state index in [4.69, 9.17) is 0 Å². The van der Waals surface area contributed by atoms with Gasteiger partial charge < -0.3 is 4.90 Å². The summed E-state index contributed by atoms with van der Waals surface area (Å²) in [6.07, 6.45) is 0. The molecule has 0 spiro atoms. The number of rotatable bonds is 5. The zero-order valence-electron chi connectivity index (χ0n) is 9.47. The van der Waals surface area contributed by atoms with Gasteiger partial charge >= 0.3 is 0 Å². The highest BCUT2D eigenvalue weighted by atomic mass is 32.2. The molecule has 0 atom stereocenters. The summed E-state index contributed by atoms with van der Waals surface area (Å²) >= 11 is 0. The van der Waals surface area contributed by atoms with Crippen molar-refractivity contribution < 1.29 is 8.42 Å². The molecule has 1 aromatic rings. The Morgan fingerprint density at radius 3 is 2.44 bits per heavy atom. The fourth-order valence-electron chi connectivity index (χ4n) is 1.27. The average Bonchev–Trinajstić information content (AvgIpc) is 2.30. The van der Waals surface area contributed by atoms with Crippen molar-refractivity contribution in [3.05, 3.63) is 41.8 Å². The number of anilines is 1. The maximum atomic E-state index is 11.4. The molecule has 0 unspecified atom stereocenters. The summed E-state index contributed by atoms with van der Waals surface area (Å²) in [6, 6.07) is 9.55. The number of benzene rings is 1. The molecule has 0 aromatic heterocycles. The molecule has 0 saturated carbocycles. The fraction of sp³-hybridized carbons (Fsp3) is 0.273. The summed E-state index contributed by atoms with van der Waals surface area (Å²) in [4.78, 5) is 1.98. The Labute approximate surface area is 96.6 Å². The first-order valence-corrected chi connectivity index (χ1v) is 6.33. The molecule has 0 amide bonds. The van der Waals surface area contributed by atoms with Gasteiger partial charge in [-0.25, -0.2) is 13.1 Å². The maximum Gasteiger partial charge on any atom is 0.237 e. The van der Waals surface area contributed by atoms with Crippen LogP contribution in [0.2, 0.25) is 0 Å². The number of nitrogens with zero attached hydrogens (tertiary/aromatic N) is 1. The Balaban J connectivity index is 2.73. The van der Waals surface area contributed by atoms with Gasteiger partial charge in [-0.15, -0.1) is 0 Å². The third-order valence-electron chi connectivity index (χ3n) is 2.26. The van der Waals surface area contributed by atoms with Gasteiger partial charge in [0, 0.05) is 12.7 Å². The van der Waals surface area contributed by atoms with Crippen LogP contribution >= 0.6 is 0 Å². The standard InChI is InChI=1S/C11H16N2O2S/c1-10(16(14,15)12-2)9-13(3)11-7-5-4-6-8-11/h4-8,12H,1,9H2,2-3H3. The van der Waals surface area contributed by atoms with Crippen molar-refractivity contribution >= 4 is 15.7 Å². The van der Waals surface area contributed by atoms with E-state index in [2.05, 4.69) is 11.3 Å². The number of sulfonamides is 1. The van der Waals surface area contributed by atoms with Crippen LogP contribution in [0.1, 0.15) is 0 Å². The van der Waals surface area contributed by atoms with Gasteiger partial charge in [0.05, 0.1) is 11.4 Å². The van der Waals surface area contributed by atoms with Crippen molar-refractivity contribution in [2.45, 2.75) is 0 Å². The van der Waals surface area contributed by atoms with Crippen LogP contribution < -0.4 is 9.62 Å². The lowest BCUT2D eigenvalue weighted by molar-refractivity contribution is 0.593. The minimum Gasteiger partial charge on any atom is -0.370 e. The van der Waals surface area contributed by atoms with Crippen LogP contribution in [0, 0.1) is 0 Å². The van der Waals surface area contributed by atoms with Gasteiger partial charge in [0.2, 0.25) is 10.0 Å². The van der Waals surface area contributed by atoms with E-state index in [0.717, 1.165) is 5.69 Å². The molecule has 1 N–H and O–H groups in total. The lowest BCUT2D eigenvalue weighted by atomic mass is 10.3. The molecular formula is C11H16N2O2S. The molecule has 4 nitrogen and oxygen atoms in total. The Bertz CT molecular complexity index is 454. The predicted molar refractivity (Wildman–Crippen MR) is 66.8 cm³/mol. The lowest BCUT2D eigenvalue weighted by Crippen LogP contribution is -2.28. The summed E-state index contributed by atoms with van der Waals surface area (Å²) < 4.78 is 25.1. The molecule has 0 saturated heterocycles. The highest BCUT2D eigenvalue weighted by Gasteiger charge is 2.14. The van der Waals surface area contributed by atoms with E-state index in [0.29, 0.717) is 0 Å². The molecule has 1 aromatic carbocycles. The van der Waals surface area contributed by atoms with E-state index >= 15 is 0 Å². The average molecular weight is 240 g/mol. The molecule has 0 heterocycles. The zero-order chi connectivity index (χ0) is 12.2. The highest BCUT2D eigenvalue weighted by molar-refractivity contribution is 7.93. The Hall–Kier alpha value is -1.33. The van der Waals surface area contributed by atoms with Crippen molar-refractivity contribution in [1.82, 2.24) is 4.72 Å². The Morgan fingerprint density at radius 1 is 1.38 bits per heavy atom. The van der Waals surface area contributed by atoms with Gasteiger partial charge in [0.1, 0.15) is 0 Å². The maximum absolute atomic E-state index is 11.4. The minimum atomic E-state index is -3.39. The summed E-state index contributed by atoms with van der Waals surface area (Å²) in [6.45, 7) is 3.84. The van der Waals surface area contributed by atoms with E-state index in [9.17, 15) is 8.42 Å². The second-order valence-electron chi connectivity index (χ2n) is 3.44. The fourth-order valence-corrected chi connectivity index (χ4v) is 1.92. The first kappa shape index (κ1) is 12.7. The molecule has 0 fully saturated rings. The van der Waals surface area contributed by atoms with Crippen molar-refractivity contribution in [3.63, 3.8) is 0 Å².